The fourth-order valence-corrected chi connectivity index (χ4v) is 1.41. The Hall–Kier alpha value is -2.10. The lowest BCUT2D eigenvalue weighted by Gasteiger charge is -2.05. The first-order chi connectivity index (χ1) is 7.84. The van der Waals surface area contributed by atoms with Gasteiger partial charge in [-0.15, -0.1) is 0 Å². The van der Waals surface area contributed by atoms with E-state index in [1.807, 2.05) is 35.2 Å². The van der Waals surface area contributed by atoms with E-state index in [0.717, 1.165) is 5.69 Å². The highest BCUT2D eigenvalue weighted by molar-refractivity contribution is 5.90. The third-order valence-electron chi connectivity index (χ3n) is 2.21. The molecule has 0 saturated carbocycles. The summed E-state index contributed by atoms with van der Waals surface area (Å²) in [4.78, 5) is 15.5. The molecule has 4 heteroatoms. The standard InChI is InChI=1S/C12H13N3O/c16-12(5-9-15-7-1-2-8-15)14-11-4-3-6-13-10-11/h1-4,6-8,10H,5,9H2,(H,14,16). The van der Waals surface area contributed by atoms with Crippen LogP contribution in [-0.2, 0) is 11.3 Å². The quantitative estimate of drug-likeness (QED) is 0.846. The van der Waals surface area contributed by atoms with Gasteiger partial charge in [0.2, 0.25) is 5.91 Å². The van der Waals surface area contributed by atoms with Gasteiger partial charge in [0, 0.05) is 31.6 Å². The van der Waals surface area contributed by atoms with Crippen LogP contribution >= 0.6 is 0 Å². The van der Waals surface area contributed by atoms with E-state index in [9.17, 15) is 4.79 Å². The van der Waals surface area contributed by atoms with Crippen molar-refractivity contribution >= 4 is 11.6 Å². The van der Waals surface area contributed by atoms with Crippen LogP contribution in [0.3, 0.4) is 0 Å². The van der Waals surface area contributed by atoms with E-state index in [4.69, 9.17) is 0 Å². The molecule has 2 aromatic rings. The summed E-state index contributed by atoms with van der Waals surface area (Å²) in [5, 5.41) is 2.79. The molecule has 0 bridgehead atoms. The topological polar surface area (TPSA) is 46.9 Å². The summed E-state index contributed by atoms with van der Waals surface area (Å²) in [6.45, 7) is 0.694. The molecule has 0 radical (unpaired) electrons. The average Bonchev–Trinajstić information content (AvgIpc) is 2.81. The minimum Gasteiger partial charge on any atom is -0.354 e. The van der Waals surface area contributed by atoms with Gasteiger partial charge in [-0.2, -0.15) is 0 Å². The number of pyridine rings is 1. The molecule has 0 saturated heterocycles. The molecular formula is C12H13N3O. The van der Waals surface area contributed by atoms with E-state index in [1.165, 1.54) is 0 Å². The molecular weight excluding hydrogens is 202 g/mol. The van der Waals surface area contributed by atoms with Gasteiger partial charge in [0.1, 0.15) is 0 Å². The van der Waals surface area contributed by atoms with Crippen LogP contribution in [0.15, 0.2) is 49.1 Å². The largest absolute Gasteiger partial charge is 0.354 e. The van der Waals surface area contributed by atoms with Gasteiger partial charge >= 0.3 is 0 Å². The molecule has 1 N–H and O–H groups in total. The minimum absolute atomic E-state index is 0.00157. The van der Waals surface area contributed by atoms with Crippen molar-refractivity contribution in [3.63, 3.8) is 0 Å². The minimum atomic E-state index is 0.00157. The van der Waals surface area contributed by atoms with Crippen molar-refractivity contribution in [2.24, 2.45) is 0 Å². The molecule has 0 aliphatic carbocycles. The number of anilines is 1. The summed E-state index contributed by atoms with van der Waals surface area (Å²) in [7, 11) is 0. The highest BCUT2D eigenvalue weighted by Gasteiger charge is 2.01. The van der Waals surface area contributed by atoms with Crippen LogP contribution in [0, 0.1) is 0 Å². The van der Waals surface area contributed by atoms with Crippen molar-refractivity contribution in [2.45, 2.75) is 13.0 Å². The zero-order valence-electron chi connectivity index (χ0n) is 8.84. The van der Waals surface area contributed by atoms with Crippen molar-refractivity contribution in [3.05, 3.63) is 49.1 Å². The summed E-state index contributed by atoms with van der Waals surface area (Å²) >= 11 is 0. The predicted molar refractivity (Wildman–Crippen MR) is 61.9 cm³/mol. The Kier molecular flexibility index (Phi) is 3.33. The maximum atomic E-state index is 11.6. The number of nitrogens with zero attached hydrogens (tertiary/aromatic N) is 2. The lowest BCUT2D eigenvalue weighted by atomic mass is 10.3. The second-order valence-corrected chi connectivity index (χ2v) is 3.46. The molecule has 1 amide bonds. The summed E-state index contributed by atoms with van der Waals surface area (Å²) in [5.41, 5.74) is 0.736. The van der Waals surface area contributed by atoms with Gasteiger partial charge in [0.05, 0.1) is 11.9 Å². The molecule has 2 rings (SSSR count). The lowest BCUT2D eigenvalue weighted by molar-refractivity contribution is -0.116. The molecule has 0 atom stereocenters. The third-order valence-corrected chi connectivity index (χ3v) is 2.21. The summed E-state index contributed by atoms with van der Waals surface area (Å²) in [6.07, 6.45) is 7.65. The number of hydrogen-bond donors (Lipinski definition) is 1. The number of amides is 1. The zero-order valence-corrected chi connectivity index (χ0v) is 8.84. The number of hydrogen-bond acceptors (Lipinski definition) is 2. The lowest BCUT2D eigenvalue weighted by Crippen LogP contribution is -2.13. The number of rotatable bonds is 4. The molecule has 2 aromatic heterocycles. The van der Waals surface area contributed by atoms with Gasteiger partial charge in [0.25, 0.3) is 0 Å². The van der Waals surface area contributed by atoms with Crippen molar-refractivity contribution in [1.29, 1.82) is 0 Å². The van der Waals surface area contributed by atoms with E-state index in [2.05, 4.69) is 10.3 Å². The van der Waals surface area contributed by atoms with E-state index in [1.54, 1.807) is 18.5 Å². The molecule has 0 aliphatic heterocycles. The normalized spacial score (nSPS) is 10.0. The highest BCUT2D eigenvalue weighted by atomic mass is 16.1. The zero-order chi connectivity index (χ0) is 11.2. The second-order valence-electron chi connectivity index (χ2n) is 3.46. The average molecular weight is 215 g/mol. The van der Waals surface area contributed by atoms with Crippen molar-refractivity contribution in [1.82, 2.24) is 9.55 Å². The number of carbonyl (C=O) groups is 1. The third kappa shape index (κ3) is 2.95. The van der Waals surface area contributed by atoms with Crippen molar-refractivity contribution < 1.29 is 4.79 Å². The van der Waals surface area contributed by atoms with Crippen LogP contribution in [0.2, 0.25) is 0 Å². The maximum Gasteiger partial charge on any atom is 0.226 e. The second kappa shape index (κ2) is 5.11. The van der Waals surface area contributed by atoms with Crippen molar-refractivity contribution in [3.8, 4) is 0 Å². The molecule has 16 heavy (non-hydrogen) atoms. The Bertz CT molecular complexity index is 437. The van der Waals surface area contributed by atoms with Crippen LogP contribution in [0.25, 0.3) is 0 Å². The van der Waals surface area contributed by atoms with Crippen LogP contribution < -0.4 is 5.32 Å². The summed E-state index contributed by atoms with van der Waals surface area (Å²) in [5.74, 6) is 0.00157. The number of aryl methyl sites for hydroxylation is 1. The van der Waals surface area contributed by atoms with Gasteiger partial charge < -0.3 is 9.88 Å². The molecule has 0 fully saturated rings. The van der Waals surface area contributed by atoms with Crippen molar-refractivity contribution in [2.75, 3.05) is 5.32 Å². The van der Waals surface area contributed by atoms with Gasteiger partial charge in [-0.05, 0) is 24.3 Å². The Balaban J connectivity index is 1.81. The predicted octanol–water partition coefficient (Wildman–Crippen LogP) is 1.91. The monoisotopic (exact) mass is 215 g/mol. The maximum absolute atomic E-state index is 11.6. The SMILES string of the molecule is O=C(CCn1cccc1)Nc1cccnc1. The number of carbonyl (C=O) groups excluding carboxylic acids is 1. The Labute approximate surface area is 93.9 Å². The van der Waals surface area contributed by atoms with Gasteiger partial charge in [-0.3, -0.25) is 9.78 Å². The van der Waals surface area contributed by atoms with Crippen LogP contribution in [-0.4, -0.2) is 15.5 Å². The van der Waals surface area contributed by atoms with E-state index >= 15 is 0 Å². The smallest absolute Gasteiger partial charge is 0.226 e. The van der Waals surface area contributed by atoms with Gasteiger partial charge in [0.15, 0.2) is 0 Å². The number of nitrogens with one attached hydrogen (secondary N) is 1. The number of aromatic nitrogens is 2. The van der Waals surface area contributed by atoms with Crippen LogP contribution in [0.1, 0.15) is 6.42 Å². The van der Waals surface area contributed by atoms with Crippen LogP contribution in [0.4, 0.5) is 5.69 Å². The highest BCUT2D eigenvalue weighted by Crippen LogP contribution is 2.03. The Morgan fingerprint density at radius 3 is 2.81 bits per heavy atom. The molecule has 2 heterocycles. The molecule has 82 valence electrons. The van der Waals surface area contributed by atoms with E-state index < -0.39 is 0 Å². The van der Waals surface area contributed by atoms with E-state index in [0.29, 0.717) is 13.0 Å². The molecule has 0 aliphatic rings. The first-order valence-corrected chi connectivity index (χ1v) is 5.15. The van der Waals surface area contributed by atoms with Crippen LogP contribution in [0.5, 0.6) is 0 Å². The molecule has 0 unspecified atom stereocenters. The van der Waals surface area contributed by atoms with E-state index in [-0.39, 0.29) is 5.91 Å². The first-order valence-electron chi connectivity index (χ1n) is 5.15. The fraction of sp³-hybridized carbons (Fsp3) is 0.167. The van der Waals surface area contributed by atoms with Gasteiger partial charge in [-0.1, -0.05) is 0 Å². The Morgan fingerprint density at radius 1 is 1.31 bits per heavy atom. The summed E-state index contributed by atoms with van der Waals surface area (Å²) < 4.78 is 1.98. The first kappa shape index (κ1) is 10.4. The molecule has 0 spiro atoms. The Morgan fingerprint density at radius 2 is 2.12 bits per heavy atom. The summed E-state index contributed by atoms with van der Waals surface area (Å²) in [6, 6.07) is 7.50. The molecule has 0 aromatic carbocycles. The molecule has 4 nitrogen and oxygen atoms in total. The fourth-order valence-electron chi connectivity index (χ4n) is 1.41. The van der Waals surface area contributed by atoms with Gasteiger partial charge in [-0.25, -0.2) is 0 Å².